The van der Waals surface area contributed by atoms with Gasteiger partial charge in [0.25, 0.3) is 0 Å². The summed E-state index contributed by atoms with van der Waals surface area (Å²) < 4.78 is 11.2. The van der Waals surface area contributed by atoms with Crippen molar-refractivity contribution < 1.29 is 9.47 Å². The first-order valence-corrected chi connectivity index (χ1v) is 7.07. The minimum absolute atomic E-state index is 0.0919. The molecule has 2 rings (SSSR count). The molecular weight excluding hydrogens is 292 g/mol. The van der Waals surface area contributed by atoms with E-state index in [1.165, 1.54) is 5.56 Å². The monoisotopic (exact) mass is 312 g/mol. The molecule has 0 aliphatic carbocycles. The molecule has 0 spiro atoms. The molecule has 0 atom stereocenters. The highest BCUT2D eigenvalue weighted by atomic mass is 16.5. The lowest BCUT2D eigenvalue weighted by atomic mass is 10.1. The maximum absolute atomic E-state index is 5.89. The van der Waals surface area contributed by atoms with Crippen molar-refractivity contribution in [1.29, 1.82) is 0 Å². The van der Waals surface area contributed by atoms with Crippen molar-refractivity contribution in [3.05, 3.63) is 59.2 Å². The van der Waals surface area contributed by atoms with Crippen LogP contribution in [-0.4, -0.2) is 19.3 Å². The van der Waals surface area contributed by atoms with Crippen LogP contribution in [0.2, 0.25) is 0 Å². The third-order valence-electron chi connectivity index (χ3n) is 3.21. The van der Waals surface area contributed by atoms with Crippen LogP contribution in [-0.2, 0) is 6.61 Å². The Labute approximate surface area is 135 Å². The Morgan fingerprint density at radius 1 is 1.13 bits per heavy atom. The summed E-state index contributed by atoms with van der Waals surface area (Å²) in [4.78, 5) is 0. The Bertz CT molecular complexity index is 722. The average Bonchev–Trinajstić information content (AvgIpc) is 2.54. The van der Waals surface area contributed by atoms with Crippen LogP contribution < -0.4 is 20.9 Å². The van der Waals surface area contributed by atoms with Gasteiger partial charge < -0.3 is 20.9 Å². The average molecular weight is 312 g/mol. The molecule has 2 aromatic carbocycles. The zero-order valence-electron chi connectivity index (χ0n) is 13.2. The fourth-order valence-electron chi connectivity index (χ4n) is 1.98. The van der Waals surface area contributed by atoms with Crippen molar-refractivity contribution in [3.63, 3.8) is 0 Å². The summed E-state index contributed by atoms with van der Waals surface area (Å²) in [6.45, 7) is 2.51. The fraction of sp³-hybridized carbons (Fsp3) is 0.176. The van der Waals surface area contributed by atoms with Gasteiger partial charge in [0.2, 0.25) is 5.96 Å². The third-order valence-corrected chi connectivity index (χ3v) is 3.21. The van der Waals surface area contributed by atoms with Gasteiger partial charge in [-0.05, 0) is 41.8 Å². The quantitative estimate of drug-likeness (QED) is 0.485. The molecule has 0 unspecified atom stereocenters. The largest absolute Gasteiger partial charge is 0.493 e. The van der Waals surface area contributed by atoms with Gasteiger partial charge in [-0.1, -0.05) is 24.3 Å². The highest BCUT2D eigenvalue weighted by Crippen LogP contribution is 2.28. The van der Waals surface area contributed by atoms with E-state index in [2.05, 4.69) is 10.2 Å². The van der Waals surface area contributed by atoms with Crippen molar-refractivity contribution in [2.45, 2.75) is 13.5 Å². The van der Waals surface area contributed by atoms with E-state index in [1.807, 2.05) is 49.4 Å². The number of guanidine groups is 1. The van der Waals surface area contributed by atoms with Gasteiger partial charge in [-0.2, -0.15) is 5.10 Å². The van der Waals surface area contributed by atoms with Crippen molar-refractivity contribution in [2.24, 2.45) is 21.7 Å². The molecule has 23 heavy (non-hydrogen) atoms. The molecule has 0 fully saturated rings. The van der Waals surface area contributed by atoms with Gasteiger partial charge in [-0.25, -0.2) is 0 Å². The van der Waals surface area contributed by atoms with Gasteiger partial charge in [-0.3, -0.25) is 0 Å². The summed E-state index contributed by atoms with van der Waals surface area (Å²) in [5.41, 5.74) is 13.6. The molecular formula is C17H20N4O2. The number of nitrogens with zero attached hydrogens (tertiary/aromatic N) is 2. The minimum atomic E-state index is -0.0919. The normalized spacial score (nSPS) is 10.5. The second-order valence-electron chi connectivity index (χ2n) is 4.89. The topological polar surface area (TPSA) is 95.2 Å². The van der Waals surface area contributed by atoms with Crippen LogP contribution in [0, 0.1) is 6.92 Å². The van der Waals surface area contributed by atoms with Crippen molar-refractivity contribution in [3.8, 4) is 11.5 Å². The van der Waals surface area contributed by atoms with E-state index >= 15 is 0 Å². The zero-order chi connectivity index (χ0) is 16.7. The number of nitrogens with two attached hydrogens (primary N) is 2. The van der Waals surface area contributed by atoms with Gasteiger partial charge in [0, 0.05) is 0 Å². The van der Waals surface area contributed by atoms with Gasteiger partial charge in [0.05, 0.1) is 13.3 Å². The summed E-state index contributed by atoms with van der Waals surface area (Å²) in [7, 11) is 1.60. The molecule has 2 aromatic rings. The Hall–Kier alpha value is -3.02. The second kappa shape index (κ2) is 7.84. The van der Waals surface area contributed by atoms with Crippen LogP contribution in [0.25, 0.3) is 0 Å². The standard InChI is InChI=1S/C17H20N4O2/c1-12-5-3-4-6-14(12)11-23-16-9-13(7-8-15(16)22-2)10-20-21-17(18)19/h3-10H,11H2,1-2H3,(H4,18,19,21). The maximum Gasteiger partial charge on any atom is 0.211 e. The summed E-state index contributed by atoms with van der Waals surface area (Å²) in [6.07, 6.45) is 1.54. The first-order chi connectivity index (χ1) is 11.1. The van der Waals surface area contributed by atoms with E-state index in [-0.39, 0.29) is 5.96 Å². The molecule has 0 aliphatic heterocycles. The third kappa shape index (κ3) is 4.74. The van der Waals surface area contributed by atoms with Crippen LogP contribution in [0.1, 0.15) is 16.7 Å². The molecule has 0 aromatic heterocycles. The van der Waals surface area contributed by atoms with Crippen molar-refractivity contribution in [2.75, 3.05) is 7.11 Å². The molecule has 120 valence electrons. The molecule has 0 saturated carbocycles. The zero-order valence-corrected chi connectivity index (χ0v) is 13.2. The van der Waals surface area contributed by atoms with E-state index in [1.54, 1.807) is 13.3 Å². The Kier molecular flexibility index (Phi) is 5.57. The van der Waals surface area contributed by atoms with Gasteiger partial charge in [0.15, 0.2) is 11.5 Å². The number of hydrogen-bond donors (Lipinski definition) is 2. The van der Waals surface area contributed by atoms with E-state index in [0.717, 1.165) is 11.1 Å². The Morgan fingerprint density at radius 2 is 1.91 bits per heavy atom. The molecule has 0 radical (unpaired) electrons. The van der Waals surface area contributed by atoms with Crippen LogP contribution in [0.15, 0.2) is 52.7 Å². The SMILES string of the molecule is COc1ccc(C=NN=C(N)N)cc1OCc1ccccc1C. The number of ether oxygens (including phenoxy) is 2. The first kappa shape index (κ1) is 16.4. The minimum Gasteiger partial charge on any atom is -0.493 e. The Balaban J connectivity index is 2.17. The van der Waals surface area contributed by atoms with E-state index < -0.39 is 0 Å². The van der Waals surface area contributed by atoms with Crippen LogP contribution in [0.3, 0.4) is 0 Å². The van der Waals surface area contributed by atoms with Gasteiger partial charge in [0.1, 0.15) is 6.61 Å². The highest BCUT2D eigenvalue weighted by molar-refractivity contribution is 5.82. The molecule has 0 bridgehead atoms. The maximum atomic E-state index is 5.89. The van der Waals surface area contributed by atoms with E-state index in [9.17, 15) is 0 Å². The Morgan fingerprint density at radius 3 is 2.61 bits per heavy atom. The number of hydrogen-bond acceptors (Lipinski definition) is 4. The van der Waals surface area contributed by atoms with E-state index in [4.69, 9.17) is 20.9 Å². The van der Waals surface area contributed by atoms with Crippen molar-refractivity contribution in [1.82, 2.24) is 0 Å². The first-order valence-electron chi connectivity index (χ1n) is 7.07. The molecule has 0 amide bonds. The van der Waals surface area contributed by atoms with Crippen LogP contribution in [0.4, 0.5) is 0 Å². The fourth-order valence-corrected chi connectivity index (χ4v) is 1.98. The predicted molar refractivity (Wildman–Crippen MR) is 91.9 cm³/mol. The summed E-state index contributed by atoms with van der Waals surface area (Å²) in [6, 6.07) is 13.5. The molecule has 6 heteroatoms. The summed E-state index contributed by atoms with van der Waals surface area (Å²) >= 11 is 0. The lowest BCUT2D eigenvalue weighted by Gasteiger charge is -2.12. The molecule has 4 N–H and O–H groups in total. The number of aryl methyl sites for hydroxylation is 1. The van der Waals surface area contributed by atoms with E-state index in [0.29, 0.717) is 18.1 Å². The number of benzene rings is 2. The lowest BCUT2D eigenvalue weighted by Crippen LogP contribution is -2.21. The van der Waals surface area contributed by atoms with Crippen LogP contribution >= 0.6 is 0 Å². The highest BCUT2D eigenvalue weighted by Gasteiger charge is 2.06. The summed E-state index contributed by atoms with van der Waals surface area (Å²) in [5, 5.41) is 7.35. The number of rotatable bonds is 6. The van der Waals surface area contributed by atoms with Crippen molar-refractivity contribution >= 4 is 12.2 Å². The molecule has 0 saturated heterocycles. The van der Waals surface area contributed by atoms with Gasteiger partial charge >= 0.3 is 0 Å². The molecule has 0 aliphatic rings. The van der Waals surface area contributed by atoms with Gasteiger partial charge in [-0.15, -0.1) is 5.10 Å². The summed E-state index contributed by atoms with van der Waals surface area (Å²) in [5.74, 6) is 1.19. The second-order valence-corrected chi connectivity index (χ2v) is 4.89. The van der Waals surface area contributed by atoms with Crippen LogP contribution in [0.5, 0.6) is 11.5 Å². The lowest BCUT2D eigenvalue weighted by molar-refractivity contribution is 0.284. The molecule has 6 nitrogen and oxygen atoms in total. The predicted octanol–water partition coefficient (Wildman–Crippen LogP) is 2.19. The smallest absolute Gasteiger partial charge is 0.211 e. The number of methoxy groups -OCH3 is 1. The molecule has 0 heterocycles.